The summed E-state index contributed by atoms with van der Waals surface area (Å²) >= 11 is 0. The van der Waals surface area contributed by atoms with Crippen molar-refractivity contribution in [3.05, 3.63) is 36.3 Å². The molecule has 2 heteroatoms. The summed E-state index contributed by atoms with van der Waals surface area (Å²) in [4.78, 5) is 0. The maximum absolute atomic E-state index is 9.25. The summed E-state index contributed by atoms with van der Waals surface area (Å²) in [5.74, 6) is 1.32. The monoisotopic (exact) mass is 180 g/mol. The van der Waals surface area contributed by atoms with Crippen molar-refractivity contribution >= 4 is 0 Å². The molecule has 0 aliphatic heterocycles. The summed E-state index contributed by atoms with van der Waals surface area (Å²) < 4.78 is 5.54. The van der Waals surface area contributed by atoms with Gasteiger partial charge in [-0.15, -0.1) is 0 Å². The first kappa shape index (κ1) is 9.90. The van der Waals surface area contributed by atoms with Gasteiger partial charge in [0.1, 0.15) is 11.9 Å². The van der Waals surface area contributed by atoms with E-state index < -0.39 is 0 Å². The van der Waals surface area contributed by atoms with Gasteiger partial charge in [0.15, 0.2) is 0 Å². The standard InChI is InChI=1S/C11H16O2/c1-4-9(3)13-11-7-10(12)6-5-8(11)2/h5-8,11-12H,3-4H2,1-2H3. The minimum absolute atomic E-state index is 0.0718. The normalized spacial score (nSPS) is 26.8. The van der Waals surface area contributed by atoms with Crippen LogP contribution in [0.3, 0.4) is 0 Å². The van der Waals surface area contributed by atoms with Crippen LogP contribution >= 0.6 is 0 Å². The highest BCUT2D eigenvalue weighted by molar-refractivity contribution is 5.20. The fourth-order valence-electron chi connectivity index (χ4n) is 1.15. The van der Waals surface area contributed by atoms with Crippen molar-refractivity contribution in [3.8, 4) is 0 Å². The molecule has 0 bridgehead atoms. The van der Waals surface area contributed by atoms with Crippen LogP contribution in [0.2, 0.25) is 0 Å². The number of rotatable bonds is 3. The van der Waals surface area contributed by atoms with Crippen molar-refractivity contribution in [1.82, 2.24) is 0 Å². The van der Waals surface area contributed by atoms with E-state index in [0.717, 1.165) is 12.2 Å². The van der Waals surface area contributed by atoms with Crippen molar-refractivity contribution in [3.63, 3.8) is 0 Å². The molecule has 72 valence electrons. The molecule has 0 aromatic carbocycles. The first-order valence-electron chi connectivity index (χ1n) is 4.57. The molecule has 2 atom stereocenters. The minimum Gasteiger partial charge on any atom is -0.508 e. The molecule has 0 aromatic heterocycles. The Balaban J connectivity index is 2.59. The van der Waals surface area contributed by atoms with Crippen molar-refractivity contribution in [2.45, 2.75) is 26.4 Å². The number of allylic oxidation sites excluding steroid dienone is 2. The van der Waals surface area contributed by atoms with Crippen LogP contribution in [0.1, 0.15) is 20.3 Å². The van der Waals surface area contributed by atoms with Crippen LogP contribution in [0.5, 0.6) is 0 Å². The quantitative estimate of drug-likeness (QED) is 0.676. The third kappa shape index (κ3) is 2.65. The summed E-state index contributed by atoms with van der Waals surface area (Å²) in [7, 11) is 0. The molecular formula is C11H16O2. The average molecular weight is 180 g/mol. The first-order chi connectivity index (χ1) is 6.13. The van der Waals surface area contributed by atoms with Gasteiger partial charge in [-0.3, -0.25) is 0 Å². The van der Waals surface area contributed by atoms with Gasteiger partial charge in [0.25, 0.3) is 0 Å². The van der Waals surface area contributed by atoms with Gasteiger partial charge in [0.05, 0.1) is 5.76 Å². The number of hydrogen-bond acceptors (Lipinski definition) is 2. The molecule has 0 amide bonds. The summed E-state index contributed by atoms with van der Waals surface area (Å²) in [5, 5.41) is 9.25. The molecule has 2 unspecified atom stereocenters. The van der Waals surface area contributed by atoms with E-state index in [0.29, 0.717) is 5.92 Å². The van der Waals surface area contributed by atoms with Crippen LogP contribution < -0.4 is 0 Å². The van der Waals surface area contributed by atoms with Gasteiger partial charge in [-0.25, -0.2) is 0 Å². The second-order valence-corrected chi connectivity index (χ2v) is 3.28. The molecule has 0 radical (unpaired) electrons. The Bertz CT molecular complexity index is 251. The molecule has 0 spiro atoms. The highest BCUT2D eigenvalue weighted by Gasteiger charge is 2.18. The van der Waals surface area contributed by atoms with Gasteiger partial charge in [-0.05, 0) is 12.2 Å². The molecule has 0 saturated heterocycles. The fraction of sp³-hybridized carbons (Fsp3) is 0.455. The highest BCUT2D eigenvalue weighted by Crippen LogP contribution is 2.20. The van der Waals surface area contributed by atoms with E-state index in [1.54, 1.807) is 12.2 Å². The molecule has 2 nitrogen and oxygen atoms in total. The van der Waals surface area contributed by atoms with Crippen molar-refractivity contribution in [2.75, 3.05) is 0 Å². The predicted octanol–water partition coefficient (Wildman–Crippen LogP) is 2.94. The molecule has 0 heterocycles. The Kier molecular flexibility index (Phi) is 3.18. The lowest BCUT2D eigenvalue weighted by Crippen LogP contribution is -2.20. The average Bonchev–Trinajstić information content (AvgIpc) is 2.11. The zero-order valence-electron chi connectivity index (χ0n) is 8.16. The lowest BCUT2D eigenvalue weighted by Gasteiger charge is -2.23. The van der Waals surface area contributed by atoms with Crippen molar-refractivity contribution in [1.29, 1.82) is 0 Å². The summed E-state index contributed by atoms with van der Waals surface area (Å²) in [6.45, 7) is 7.81. The molecule has 13 heavy (non-hydrogen) atoms. The Morgan fingerprint density at radius 3 is 3.00 bits per heavy atom. The van der Waals surface area contributed by atoms with Crippen molar-refractivity contribution in [2.24, 2.45) is 5.92 Å². The van der Waals surface area contributed by atoms with Crippen LogP contribution in [-0.2, 0) is 4.74 Å². The van der Waals surface area contributed by atoms with E-state index in [1.165, 1.54) is 0 Å². The molecule has 1 rings (SSSR count). The van der Waals surface area contributed by atoms with Crippen LogP contribution in [-0.4, -0.2) is 11.2 Å². The van der Waals surface area contributed by atoms with Crippen LogP contribution in [0.15, 0.2) is 36.3 Å². The molecule has 0 aromatic rings. The maximum Gasteiger partial charge on any atom is 0.126 e. The summed E-state index contributed by atoms with van der Waals surface area (Å²) in [6, 6.07) is 0. The Morgan fingerprint density at radius 1 is 1.69 bits per heavy atom. The SMILES string of the molecule is C=C(CC)OC1C=C(O)C=CC1C. The summed E-state index contributed by atoms with van der Waals surface area (Å²) in [6.07, 6.45) is 6.08. The lowest BCUT2D eigenvalue weighted by atomic mass is 9.99. The molecule has 1 N–H and O–H groups in total. The van der Waals surface area contributed by atoms with Crippen LogP contribution in [0.4, 0.5) is 0 Å². The van der Waals surface area contributed by atoms with E-state index >= 15 is 0 Å². The number of aliphatic hydroxyl groups excluding tert-OH is 1. The third-order valence-electron chi connectivity index (χ3n) is 2.12. The third-order valence-corrected chi connectivity index (χ3v) is 2.12. The van der Waals surface area contributed by atoms with E-state index in [9.17, 15) is 5.11 Å². The Morgan fingerprint density at radius 2 is 2.38 bits per heavy atom. The number of ether oxygens (including phenoxy) is 1. The fourth-order valence-corrected chi connectivity index (χ4v) is 1.15. The zero-order valence-corrected chi connectivity index (χ0v) is 8.16. The molecular weight excluding hydrogens is 164 g/mol. The number of hydrogen-bond donors (Lipinski definition) is 1. The zero-order chi connectivity index (χ0) is 9.84. The second kappa shape index (κ2) is 4.17. The van der Waals surface area contributed by atoms with Crippen LogP contribution in [0, 0.1) is 5.92 Å². The van der Waals surface area contributed by atoms with Gasteiger partial charge in [0.2, 0.25) is 0 Å². The van der Waals surface area contributed by atoms with Gasteiger partial charge < -0.3 is 9.84 Å². The van der Waals surface area contributed by atoms with E-state index in [1.807, 2.05) is 19.9 Å². The van der Waals surface area contributed by atoms with Gasteiger partial charge in [-0.1, -0.05) is 26.5 Å². The molecule has 0 saturated carbocycles. The van der Waals surface area contributed by atoms with Gasteiger partial charge in [-0.2, -0.15) is 0 Å². The predicted molar refractivity (Wildman–Crippen MR) is 53.3 cm³/mol. The lowest BCUT2D eigenvalue weighted by molar-refractivity contribution is 0.116. The summed E-state index contributed by atoms with van der Waals surface area (Å²) in [5.41, 5.74) is 0. The van der Waals surface area contributed by atoms with E-state index in [4.69, 9.17) is 4.74 Å². The van der Waals surface area contributed by atoms with Gasteiger partial charge >= 0.3 is 0 Å². The number of aliphatic hydroxyl groups is 1. The Labute approximate surface area is 79.2 Å². The van der Waals surface area contributed by atoms with E-state index in [2.05, 4.69) is 6.58 Å². The van der Waals surface area contributed by atoms with Crippen LogP contribution in [0.25, 0.3) is 0 Å². The topological polar surface area (TPSA) is 29.5 Å². The minimum atomic E-state index is -0.0718. The second-order valence-electron chi connectivity index (χ2n) is 3.28. The first-order valence-corrected chi connectivity index (χ1v) is 4.57. The van der Waals surface area contributed by atoms with Crippen molar-refractivity contribution < 1.29 is 9.84 Å². The molecule has 0 fully saturated rings. The molecule has 1 aliphatic rings. The molecule has 1 aliphatic carbocycles. The van der Waals surface area contributed by atoms with E-state index in [-0.39, 0.29) is 11.9 Å². The Hall–Kier alpha value is -1.18. The smallest absolute Gasteiger partial charge is 0.126 e. The maximum atomic E-state index is 9.25. The highest BCUT2D eigenvalue weighted by atomic mass is 16.5. The van der Waals surface area contributed by atoms with Gasteiger partial charge in [0, 0.05) is 12.3 Å². The largest absolute Gasteiger partial charge is 0.508 e.